The predicted octanol–water partition coefficient (Wildman–Crippen LogP) is 0.0512. The van der Waals surface area contributed by atoms with Gasteiger partial charge in [-0.2, -0.15) is 0 Å². The molecule has 0 fully saturated rings. The Morgan fingerprint density at radius 2 is 2.38 bits per heavy atom. The molecule has 8 heavy (non-hydrogen) atoms. The average Bonchev–Trinajstić information content (AvgIpc) is 1.65. The molecule has 0 aromatic rings. The number of hydrogen-bond acceptors (Lipinski definition) is 2. The molecular formula is C6H7NO. The van der Waals surface area contributed by atoms with Crippen molar-refractivity contribution in [2.45, 2.75) is 6.92 Å². The highest BCUT2D eigenvalue weighted by Gasteiger charge is 1.83. The zero-order valence-corrected chi connectivity index (χ0v) is 4.64. The van der Waals surface area contributed by atoms with E-state index in [9.17, 15) is 4.79 Å². The molecule has 0 aliphatic heterocycles. The number of carbonyl (C=O) groups excluding carboxylic acids is 1. The minimum Gasteiger partial charge on any atom is -0.392 e. The Morgan fingerprint density at radius 1 is 1.88 bits per heavy atom. The van der Waals surface area contributed by atoms with Crippen LogP contribution in [0, 0.1) is 12.3 Å². The minimum absolute atomic E-state index is 0.125. The molecule has 0 saturated carbocycles. The van der Waals surface area contributed by atoms with Gasteiger partial charge in [-0.15, -0.1) is 6.42 Å². The molecule has 0 bridgehead atoms. The van der Waals surface area contributed by atoms with E-state index in [-0.39, 0.29) is 11.5 Å². The van der Waals surface area contributed by atoms with Crippen molar-refractivity contribution >= 4 is 5.78 Å². The summed E-state index contributed by atoms with van der Waals surface area (Å²) in [5.41, 5.74) is 5.26. The van der Waals surface area contributed by atoms with Crippen molar-refractivity contribution in [1.82, 2.24) is 0 Å². The van der Waals surface area contributed by atoms with E-state index in [2.05, 4.69) is 5.92 Å². The fourth-order valence-corrected chi connectivity index (χ4v) is 0.261. The van der Waals surface area contributed by atoms with Gasteiger partial charge in [-0.05, 0) is 6.92 Å². The third-order valence-corrected chi connectivity index (χ3v) is 0.525. The molecule has 2 nitrogen and oxygen atoms in total. The number of ketones is 1. The number of terminal acetylenes is 1. The Labute approximate surface area is 48.4 Å². The van der Waals surface area contributed by atoms with Crippen molar-refractivity contribution in [3.8, 4) is 12.3 Å². The first-order chi connectivity index (χ1) is 3.66. The van der Waals surface area contributed by atoms with Gasteiger partial charge in [-0.1, -0.05) is 5.92 Å². The molecule has 0 rings (SSSR count). The van der Waals surface area contributed by atoms with Gasteiger partial charge in [0.25, 0.3) is 0 Å². The van der Waals surface area contributed by atoms with Crippen molar-refractivity contribution in [1.29, 1.82) is 0 Å². The van der Waals surface area contributed by atoms with E-state index in [1.54, 1.807) is 0 Å². The fourth-order valence-electron chi connectivity index (χ4n) is 0.261. The molecule has 0 unspecified atom stereocenters. The number of carbonyl (C=O) groups is 1. The molecule has 0 amide bonds. The predicted molar refractivity (Wildman–Crippen MR) is 31.8 cm³/mol. The lowest BCUT2D eigenvalue weighted by Crippen LogP contribution is -1.96. The smallest absolute Gasteiger partial charge is 0.155 e. The second kappa shape index (κ2) is 2.86. The summed E-state index contributed by atoms with van der Waals surface area (Å²) < 4.78 is 0. The summed E-state index contributed by atoms with van der Waals surface area (Å²) in [6, 6.07) is 0. The summed E-state index contributed by atoms with van der Waals surface area (Å²) in [5.74, 6) is 1.99. The van der Waals surface area contributed by atoms with Crippen LogP contribution in [0.4, 0.5) is 0 Å². The Morgan fingerprint density at radius 3 is 2.50 bits per heavy atom. The van der Waals surface area contributed by atoms with Gasteiger partial charge in [-0.25, -0.2) is 0 Å². The molecule has 0 atom stereocenters. The summed E-state index contributed by atoms with van der Waals surface area (Å²) in [5, 5.41) is 0. The second-order valence-electron chi connectivity index (χ2n) is 1.35. The van der Waals surface area contributed by atoms with Crippen LogP contribution < -0.4 is 5.73 Å². The van der Waals surface area contributed by atoms with Gasteiger partial charge in [0.05, 0.1) is 5.70 Å². The minimum atomic E-state index is -0.125. The molecule has 0 aliphatic rings. The van der Waals surface area contributed by atoms with Gasteiger partial charge < -0.3 is 5.73 Å². The van der Waals surface area contributed by atoms with E-state index in [0.717, 1.165) is 0 Å². The molecule has 42 valence electrons. The van der Waals surface area contributed by atoms with Crippen molar-refractivity contribution in [3.63, 3.8) is 0 Å². The third kappa shape index (κ3) is 2.98. The summed E-state index contributed by atoms with van der Waals surface area (Å²) in [7, 11) is 0. The van der Waals surface area contributed by atoms with E-state index < -0.39 is 0 Å². The van der Waals surface area contributed by atoms with E-state index in [0.29, 0.717) is 0 Å². The van der Waals surface area contributed by atoms with Gasteiger partial charge >= 0.3 is 0 Å². The molecule has 0 radical (unpaired) electrons. The number of allylic oxidation sites excluding steroid dienone is 2. The van der Waals surface area contributed by atoms with Gasteiger partial charge in [-0.3, -0.25) is 4.79 Å². The van der Waals surface area contributed by atoms with E-state index in [1.807, 2.05) is 0 Å². The maximum atomic E-state index is 10.2. The van der Waals surface area contributed by atoms with E-state index in [4.69, 9.17) is 12.2 Å². The lowest BCUT2D eigenvalue weighted by atomic mass is 10.3. The summed E-state index contributed by atoms with van der Waals surface area (Å²) >= 11 is 0. The first-order valence-electron chi connectivity index (χ1n) is 2.11. The molecule has 0 aromatic heterocycles. The van der Waals surface area contributed by atoms with Gasteiger partial charge in [0.15, 0.2) is 5.78 Å². The van der Waals surface area contributed by atoms with Crippen LogP contribution in [-0.4, -0.2) is 5.78 Å². The van der Waals surface area contributed by atoms with Crippen LogP contribution >= 0.6 is 0 Å². The molecule has 0 saturated heterocycles. The highest BCUT2D eigenvalue weighted by atomic mass is 16.1. The van der Waals surface area contributed by atoms with Crippen LogP contribution in [-0.2, 0) is 4.79 Å². The van der Waals surface area contributed by atoms with Crippen molar-refractivity contribution < 1.29 is 4.79 Å². The molecule has 2 heteroatoms. The zero-order valence-electron chi connectivity index (χ0n) is 4.64. The lowest BCUT2D eigenvalue weighted by Gasteiger charge is -1.81. The lowest BCUT2D eigenvalue weighted by molar-refractivity contribution is -0.112. The molecular weight excluding hydrogens is 102 g/mol. The Bertz CT molecular complexity index is 162. The summed E-state index contributed by atoms with van der Waals surface area (Å²) in [6.07, 6.45) is 6.03. The number of hydrogen-bond donors (Lipinski definition) is 1. The Hall–Kier alpha value is -1.23. The topological polar surface area (TPSA) is 43.1 Å². The van der Waals surface area contributed by atoms with Crippen molar-refractivity contribution in [2.75, 3.05) is 0 Å². The maximum Gasteiger partial charge on any atom is 0.155 e. The average molecular weight is 109 g/mol. The molecule has 2 N–H and O–H groups in total. The second-order valence-corrected chi connectivity index (χ2v) is 1.35. The first kappa shape index (κ1) is 6.77. The van der Waals surface area contributed by atoms with Crippen LogP contribution in [0.2, 0.25) is 0 Å². The monoisotopic (exact) mass is 109 g/mol. The molecule has 0 spiro atoms. The molecule has 0 heterocycles. The van der Waals surface area contributed by atoms with Gasteiger partial charge in [0.2, 0.25) is 0 Å². The third-order valence-electron chi connectivity index (χ3n) is 0.525. The Kier molecular flexibility index (Phi) is 2.42. The van der Waals surface area contributed by atoms with Gasteiger partial charge in [0.1, 0.15) is 0 Å². The quantitative estimate of drug-likeness (QED) is 0.382. The molecule has 0 aromatic carbocycles. The highest BCUT2D eigenvalue weighted by Crippen LogP contribution is 1.78. The SMILES string of the molecule is C#C/C(N)=C/C(C)=O. The highest BCUT2D eigenvalue weighted by molar-refractivity contribution is 5.88. The van der Waals surface area contributed by atoms with Crippen LogP contribution in [0.1, 0.15) is 6.92 Å². The summed E-state index contributed by atoms with van der Waals surface area (Å²) in [6.45, 7) is 1.39. The molecule has 0 aliphatic carbocycles. The standard InChI is InChI=1S/C6H7NO/c1-3-6(7)4-5(2)8/h1,4H,7H2,2H3/b6-4-. The van der Waals surface area contributed by atoms with Crippen LogP contribution in [0.25, 0.3) is 0 Å². The van der Waals surface area contributed by atoms with Gasteiger partial charge in [0, 0.05) is 6.08 Å². The maximum absolute atomic E-state index is 10.2. The number of nitrogens with two attached hydrogens (primary N) is 1. The largest absolute Gasteiger partial charge is 0.392 e. The van der Waals surface area contributed by atoms with E-state index in [1.165, 1.54) is 13.0 Å². The van der Waals surface area contributed by atoms with Crippen molar-refractivity contribution in [2.24, 2.45) is 5.73 Å². The summed E-state index contributed by atoms with van der Waals surface area (Å²) in [4.78, 5) is 10.2. The fraction of sp³-hybridized carbons (Fsp3) is 0.167. The van der Waals surface area contributed by atoms with Crippen molar-refractivity contribution in [3.05, 3.63) is 11.8 Å². The zero-order chi connectivity index (χ0) is 6.57. The van der Waals surface area contributed by atoms with E-state index >= 15 is 0 Å². The first-order valence-corrected chi connectivity index (χ1v) is 2.11. The van der Waals surface area contributed by atoms with Crippen LogP contribution in [0.15, 0.2) is 11.8 Å². The number of rotatable bonds is 1. The Balaban J connectivity index is 4.01. The van der Waals surface area contributed by atoms with Crippen LogP contribution in [0.3, 0.4) is 0 Å². The van der Waals surface area contributed by atoms with Crippen LogP contribution in [0.5, 0.6) is 0 Å². The normalized spacial score (nSPS) is 10.2.